The third-order valence-electron chi connectivity index (χ3n) is 5.54. The molecule has 3 aromatic heterocycles. The summed E-state index contributed by atoms with van der Waals surface area (Å²) in [7, 11) is 0. The lowest BCUT2D eigenvalue weighted by atomic mass is 10.0. The van der Waals surface area contributed by atoms with Gasteiger partial charge in [-0.2, -0.15) is 13.2 Å². The largest absolute Gasteiger partial charge is 0.434 e. The molecule has 1 aliphatic rings. The van der Waals surface area contributed by atoms with Crippen LogP contribution in [0.2, 0.25) is 0 Å². The third-order valence-corrected chi connectivity index (χ3v) is 5.54. The standard InChI is InChI=1S/C22H19F3N6/c23-22(24,25)18-14-31-17(12-28-20(31)13-27-18)21-26-9-8-19(29-21)30-10-4-7-16(30)11-15-5-2-1-3-6-15/h1-3,5-6,8-9,12-14,16H,4,7,10-11H2. The van der Waals surface area contributed by atoms with Crippen molar-refractivity contribution in [2.75, 3.05) is 11.4 Å². The number of fused-ring (bicyclic) bond motifs is 1. The van der Waals surface area contributed by atoms with Gasteiger partial charge in [0.1, 0.15) is 11.5 Å². The number of alkyl halides is 3. The first-order chi connectivity index (χ1) is 15.0. The molecule has 0 bridgehead atoms. The lowest BCUT2D eigenvalue weighted by molar-refractivity contribution is -0.141. The topological polar surface area (TPSA) is 59.2 Å². The van der Waals surface area contributed by atoms with E-state index < -0.39 is 11.9 Å². The fourth-order valence-corrected chi connectivity index (χ4v) is 4.07. The van der Waals surface area contributed by atoms with Crippen molar-refractivity contribution < 1.29 is 13.2 Å². The highest BCUT2D eigenvalue weighted by Gasteiger charge is 2.33. The summed E-state index contributed by atoms with van der Waals surface area (Å²) >= 11 is 0. The van der Waals surface area contributed by atoms with Crippen molar-refractivity contribution in [1.29, 1.82) is 0 Å². The van der Waals surface area contributed by atoms with Gasteiger partial charge in [-0.1, -0.05) is 30.3 Å². The lowest BCUT2D eigenvalue weighted by Crippen LogP contribution is -2.31. The maximum Gasteiger partial charge on any atom is 0.434 e. The number of halogens is 3. The van der Waals surface area contributed by atoms with Gasteiger partial charge in [0.15, 0.2) is 17.2 Å². The number of nitrogens with zero attached hydrogens (tertiary/aromatic N) is 6. The smallest absolute Gasteiger partial charge is 0.353 e. The van der Waals surface area contributed by atoms with E-state index in [0.29, 0.717) is 23.2 Å². The summed E-state index contributed by atoms with van der Waals surface area (Å²) in [4.78, 5) is 18.9. The summed E-state index contributed by atoms with van der Waals surface area (Å²) in [5.74, 6) is 1.10. The minimum absolute atomic E-state index is 0.306. The van der Waals surface area contributed by atoms with Gasteiger partial charge in [0.25, 0.3) is 0 Å². The summed E-state index contributed by atoms with van der Waals surface area (Å²) in [5.41, 5.74) is 0.976. The SMILES string of the molecule is FC(F)(F)c1cn2c(-c3nccc(N4CCCC4Cc4ccccc4)n3)cnc2cn1. The molecule has 0 aliphatic carbocycles. The van der Waals surface area contributed by atoms with Crippen LogP contribution in [0.1, 0.15) is 24.1 Å². The van der Waals surface area contributed by atoms with Crippen LogP contribution in [0.15, 0.2) is 61.2 Å². The Kier molecular flexibility index (Phi) is 4.80. The maximum atomic E-state index is 13.1. The summed E-state index contributed by atoms with van der Waals surface area (Å²) in [5, 5.41) is 0. The zero-order valence-electron chi connectivity index (χ0n) is 16.5. The van der Waals surface area contributed by atoms with Crippen molar-refractivity contribution in [3.63, 3.8) is 0 Å². The number of imidazole rings is 1. The van der Waals surface area contributed by atoms with Gasteiger partial charge in [0, 0.05) is 25.0 Å². The van der Waals surface area contributed by atoms with Gasteiger partial charge in [0.05, 0.1) is 12.4 Å². The van der Waals surface area contributed by atoms with Crippen LogP contribution in [0.4, 0.5) is 19.0 Å². The quantitative estimate of drug-likeness (QED) is 0.486. The highest BCUT2D eigenvalue weighted by Crippen LogP contribution is 2.30. The fraction of sp³-hybridized carbons (Fsp3) is 0.273. The Morgan fingerprint density at radius 1 is 1.00 bits per heavy atom. The van der Waals surface area contributed by atoms with Crippen LogP contribution in [-0.2, 0) is 12.6 Å². The Labute approximate surface area is 176 Å². The van der Waals surface area contributed by atoms with Gasteiger partial charge in [-0.3, -0.25) is 4.40 Å². The van der Waals surface area contributed by atoms with Crippen LogP contribution in [0.3, 0.4) is 0 Å². The normalized spacial score (nSPS) is 16.9. The van der Waals surface area contributed by atoms with Crippen molar-refractivity contribution in [3.8, 4) is 11.5 Å². The van der Waals surface area contributed by atoms with Crippen LogP contribution in [0.5, 0.6) is 0 Å². The Balaban J connectivity index is 1.48. The van der Waals surface area contributed by atoms with E-state index in [2.05, 4.69) is 37.0 Å². The molecule has 9 heteroatoms. The van der Waals surface area contributed by atoms with Gasteiger partial charge in [-0.25, -0.2) is 19.9 Å². The maximum absolute atomic E-state index is 13.1. The predicted octanol–water partition coefficient (Wildman–Crippen LogP) is 4.42. The molecule has 1 aliphatic heterocycles. The second-order valence-corrected chi connectivity index (χ2v) is 7.56. The molecule has 4 aromatic rings. The van der Waals surface area contributed by atoms with E-state index in [9.17, 15) is 13.2 Å². The molecule has 1 fully saturated rings. The van der Waals surface area contributed by atoms with Crippen molar-refractivity contribution in [3.05, 3.63) is 72.4 Å². The molecular formula is C22H19F3N6. The van der Waals surface area contributed by atoms with Crippen LogP contribution < -0.4 is 4.90 Å². The highest BCUT2D eigenvalue weighted by molar-refractivity contribution is 5.58. The van der Waals surface area contributed by atoms with Crippen molar-refractivity contribution in [2.24, 2.45) is 0 Å². The minimum atomic E-state index is -4.54. The van der Waals surface area contributed by atoms with Crippen LogP contribution in [-0.4, -0.2) is 36.9 Å². The third kappa shape index (κ3) is 3.83. The Hall–Kier alpha value is -3.49. The van der Waals surface area contributed by atoms with Gasteiger partial charge < -0.3 is 4.90 Å². The molecule has 6 nitrogen and oxygen atoms in total. The zero-order valence-corrected chi connectivity index (χ0v) is 16.5. The number of benzene rings is 1. The van der Waals surface area contributed by atoms with E-state index in [0.717, 1.165) is 44.0 Å². The van der Waals surface area contributed by atoms with Crippen LogP contribution in [0.25, 0.3) is 17.2 Å². The molecule has 1 unspecified atom stereocenters. The summed E-state index contributed by atoms with van der Waals surface area (Å²) in [6, 6.07) is 12.5. The van der Waals surface area contributed by atoms with E-state index in [1.54, 1.807) is 6.20 Å². The average molecular weight is 424 g/mol. The minimum Gasteiger partial charge on any atom is -0.353 e. The van der Waals surface area contributed by atoms with E-state index in [1.165, 1.54) is 16.2 Å². The van der Waals surface area contributed by atoms with Crippen molar-refractivity contribution in [1.82, 2.24) is 24.3 Å². The summed E-state index contributed by atoms with van der Waals surface area (Å²) in [6.07, 6.45) is 3.64. The van der Waals surface area contributed by atoms with Crippen molar-refractivity contribution in [2.45, 2.75) is 31.5 Å². The Morgan fingerprint density at radius 3 is 2.65 bits per heavy atom. The van der Waals surface area contributed by atoms with E-state index in [1.807, 2.05) is 24.3 Å². The molecule has 0 radical (unpaired) electrons. The molecule has 0 N–H and O–H groups in total. The molecule has 31 heavy (non-hydrogen) atoms. The first-order valence-electron chi connectivity index (χ1n) is 10.0. The van der Waals surface area contributed by atoms with Gasteiger partial charge >= 0.3 is 6.18 Å². The fourth-order valence-electron chi connectivity index (χ4n) is 4.07. The molecular weight excluding hydrogens is 405 g/mol. The molecule has 0 amide bonds. The average Bonchev–Trinajstić information content (AvgIpc) is 3.40. The molecule has 1 saturated heterocycles. The van der Waals surface area contributed by atoms with E-state index >= 15 is 0 Å². The molecule has 4 heterocycles. The van der Waals surface area contributed by atoms with Gasteiger partial charge in [-0.15, -0.1) is 0 Å². The van der Waals surface area contributed by atoms with E-state index in [-0.39, 0.29) is 0 Å². The molecule has 1 aromatic carbocycles. The monoisotopic (exact) mass is 424 g/mol. The summed E-state index contributed by atoms with van der Waals surface area (Å²) in [6.45, 7) is 0.878. The molecule has 0 spiro atoms. The number of anilines is 1. The molecule has 5 rings (SSSR count). The number of rotatable bonds is 4. The summed E-state index contributed by atoms with van der Waals surface area (Å²) < 4.78 is 40.7. The molecule has 0 saturated carbocycles. The lowest BCUT2D eigenvalue weighted by Gasteiger charge is -2.26. The predicted molar refractivity (Wildman–Crippen MR) is 110 cm³/mol. The highest BCUT2D eigenvalue weighted by atomic mass is 19.4. The Morgan fingerprint density at radius 2 is 1.84 bits per heavy atom. The number of hydrogen-bond donors (Lipinski definition) is 0. The van der Waals surface area contributed by atoms with Gasteiger partial charge in [-0.05, 0) is 30.9 Å². The van der Waals surface area contributed by atoms with Crippen molar-refractivity contribution >= 4 is 11.5 Å². The van der Waals surface area contributed by atoms with Crippen LogP contribution >= 0.6 is 0 Å². The number of aromatic nitrogens is 5. The second kappa shape index (κ2) is 7.64. The molecule has 1 atom stereocenters. The first kappa shape index (κ1) is 19.5. The molecule has 158 valence electrons. The van der Waals surface area contributed by atoms with E-state index in [4.69, 9.17) is 0 Å². The first-order valence-corrected chi connectivity index (χ1v) is 10.0. The van der Waals surface area contributed by atoms with Crippen LogP contribution in [0, 0.1) is 0 Å². The number of hydrogen-bond acceptors (Lipinski definition) is 5. The van der Waals surface area contributed by atoms with Gasteiger partial charge in [0.2, 0.25) is 0 Å². The Bertz CT molecular complexity index is 1200. The zero-order chi connectivity index (χ0) is 21.4. The second-order valence-electron chi connectivity index (χ2n) is 7.56.